The van der Waals surface area contributed by atoms with E-state index in [0.29, 0.717) is 27.9 Å². The minimum atomic E-state index is -0.274. The monoisotopic (exact) mass is 397 g/mol. The van der Waals surface area contributed by atoms with Crippen LogP contribution < -0.4 is 10.1 Å². The molecule has 27 heavy (non-hydrogen) atoms. The third kappa shape index (κ3) is 5.61. The first-order chi connectivity index (χ1) is 13.1. The molecule has 3 aromatic carbocycles. The Kier molecular flexibility index (Phi) is 6.53. The Bertz CT molecular complexity index is 918. The van der Waals surface area contributed by atoms with E-state index in [0.717, 1.165) is 11.3 Å². The van der Waals surface area contributed by atoms with Gasteiger partial charge in [0.1, 0.15) is 12.4 Å². The molecule has 0 fully saturated rings. The van der Waals surface area contributed by atoms with Crippen molar-refractivity contribution in [2.24, 2.45) is 0 Å². The van der Waals surface area contributed by atoms with Crippen LogP contribution in [0.4, 0.5) is 5.69 Å². The molecule has 0 atom stereocenters. The number of anilines is 1. The topological polar surface area (TPSA) is 38.3 Å². The van der Waals surface area contributed by atoms with Crippen molar-refractivity contribution >= 4 is 40.9 Å². The van der Waals surface area contributed by atoms with Crippen molar-refractivity contribution in [2.75, 3.05) is 5.32 Å². The maximum Gasteiger partial charge on any atom is 0.248 e. The SMILES string of the molecule is O=C(/C=C/c1c(Cl)cccc1Cl)Nc1ccc(OCc2ccccc2)cc1. The highest BCUT2D eigenvalue weighted by atomic mass is 35.5. The number of nitrogens with one attached hydrogen (secondary N) is 1. The van der Waals surface area contributed by atoms with Gasteiger partial charge in [0.15, 0.2) is 0 Å². The molecule has 0 saturated carbocycles. The summed E-state index contributed by atoms with van der Waals surface area (Å²) in [4.78, 5) is 12.1. The fraction of sp³-hybridized carbons (Fsp3) is 0.0455. The highest BCUT2D eigenvalue weighted by molar-refractivity contribution is 6.37. The summed E-state index contributed by atoms with van der Waals surface area (Å²) < 4.78 is 5.73. The van der Waals surface area contributed by atoms with Gasteiger partial charge in [0, 0.05) is 27.4 Å². The molecule has 136 valence electrons. The number of halogens is 2. The van der Waals surface area contributed by atoms with E-state index in [9.17, 15) is 4.79 Å². The Labute approximate surface area is 168 Å². The van der Waals surface area contributed by atoms with Crippen molar-refractivity contribution in [3.63, 3.8) is 0 Å². The first-order valence-electron chi connectivity index (χ1n) is 8.32. The van der Waals surface area contributed by atoms with Crippen LogP contribution in [0.3, 0.4) is 0 Å². The van der Waals surface area contributed by atoms with E-state index in [4.69, 9.17) is 27.9 Å². The first kappa shape index (κ1) is 19.0. The molecule has 0 aliphatic rings. The predicted molar refractivity (Wildman–Crippen MR) is 111 cm³/mol. The average Bonchev–Trinajstić information content (AvgIpc) is 2.68. The van der Waals surface area contributed by atoms with E-state index in [1.165, 1.54) is 6.08 Å². The zero-order chi connectivity index (χ0) is 19.1. The Balaban J connectivity index is 1.56. The largest absolute Gasteiger partial charge is 0.489 e. The summed E-state index contributed by atoms with van der Waals surface area (Å²) in [5.74, 6) is 0.458. The minimum Gasteiger partial charge on any atom is -0.489 e. The van der Waals surface area contributed by atoms with Crippen LogP contribution in [0.15, 0.2) is 78.9 Å². The second kappa shape index (κ2) is 9.26. The van der Waals surface area contributed by atoms with E-state index >= 15 is 0 Å². The van der Waals surface area contributed by atoms with Gasteiger partial charge >= 0.3 is 0 Å². The summed E-state index contributed by atoms with van der Waals surface area (Å²) in [7, 11) is 0. The third-order valence-corrected chi connectivity index (χ3v) is 4.43. The number of ether oxygens (including phenoxy) is 1. The second-order valence-corrected chi connectivity index (χ2v) is 6.57. The molecule has 0 aliphatic heterocycles. The normalized spacial score (nSPS) is 10.7. The first-order valence-corrected chi connectivity index (χ1v) is 9.07. The summed E-state index contributed by atoms with van der Waals surface area (Å²) in [6.45, 7) is 0.494. The zero-order valence-electron chi connectivity index (χ0n) is 14.4. The van der Waals surface area contributed by atoms with Crippen molar-refractivity contribution in [2.45, 2.75) is 6.61 Å². The van der Waals surface area contributed by atoms with Crippen LogP contribution in [-0.2, 0) is 11.4 Å². The maximum atomic E-state index is 12.1. The molecule has 0 heterocycles. The van der Waals surface area contributed by atoms with Gasteiger partial charge in [0.05, 0.1) is 0 Å². The second-order valence-electron chi connectivity index (χ2n) is 5.76. The molecule has 1 amide bonds. The van der Waals surface area contributed by atoms with Crippen molar-refractivity contribution in [3.8, 4) is 5.75 Å². The molecular formula is C22H17Cl2NO2. The smallest absolute Gasteiger partial charge is 0.248 e. The van der Waals surface area contributed by atoms with E-state index in [1.807, 2.05) is 42.5 Å². The average molecular weight is 398 g/mol. The van der Waals surface area contributed by atoms with Gasteiger partial charge in [-0.3, -0.25) is 4.79 Å². The van der Waals surface area contributed by atoms with Crippen molar-refractivity contribution in [1.29, 1.82) is 0 Å². The number of carbonyl (C=O) groups excluding carboxylic acids is 1. The quantitative estimate of drug-likeness (QED) is 0.501. The summed E-state index contributed by atoms with van der Waals surface area (Å²) >= 11 is 12.2. The fourth-order valence-electron chi connectivity index (χ4n) is 2.39. The lowest BCUT2D eigenvalue weighted by molar-refractivity contribution is -0.111. The molecule has 1 N–H and O–H groups in total. The number of benzene rings is 3. The maximum absolute atomic E-state index is 12.1. The van der Waals surface area contributed by atoms with E-state index in [1.54, 1.807) is 36.4 Å². The molecule has 0 aromatic heterocycles. The van der Waals surface area contributed by atoms with Crippen LogP contribution in [0.5, 0.6) is 5.75 Å². The lowest BCUT2D eigenvalue weighted by atomic mass is 10.2. The van der Waals surface area contributed by atoms with E-state index in [-0.39, 0.29) is 5.91 Å². The lowest BCUT2D eigenvalue weighted by Gasteiger charge is -2.08. The zero-order valence-corrected chi connectivity index (χ0v) is 15.9. The van der Waals surface area contributed by atoms with Crippen LogP contribution in [0.2, 0.25) is 10.0 Å². The van der Waals surface area contributed by atoms with E-state index in [2.05, 4.69) is 5.32 Å². The van der Waals surface area contributed by atoms with Gasteiger partial charge < -0.3 is 10.1 Å². The molecule has 5 heteroatoms. The molecule has 0 bridgehead atoms. The molecule has 0 aliphatic carbocycles. The Hall–Kier alpha value is -2.75. The summed E-state index contributed by atoms with van der Waals surface area (Å²) in [6.07, 6.45) is 2.99. The van der Waals surface area contributed by atoms with Gasteiger partial charge in [-0.1, -0.05) is 59.6 Å². The van der Waals surface area contributed by atoms with Gasteiger partial charge in [-0.15, -0.1) is 0 Å². The Morgan fingerprint density at radius 3 is 2.22 bits per heavy atom. The Morgan fingerprint density at radius 1 is 0.889 bits per heavy atom. The summed E-state index contributed by atoms with van der Waals surface area (Å²) in [6, 6.07) is 22.3. The Morgan fingerprint density at radius 2 is 1.56 bits per heavy atom. The lowest BCUT2D eigenvalue weighted by Crippen LogP contribution is -2.07. The van der Waals surface area contributed by atoms with Crippen LogP contribution in [0.25, 0.3) is 6.08 Å². The number of amides is 1. The van der Waals surface area contributed by atoms with Gasteiger partial charge in [-0.2, -0.15) is 0 Å². The van der Waals surface area contributed by atoms with Gasteiger partial charge in [0.2, 0.25) is 5.91 Å². The van der Waals surface area contributed by atoms with Gasteiger partial charge in [0.25, 0.3) is 0 Å². The fourth-order valence-corrected chi connectivity index (χ4v) is 2.91. The summed E-state index contributed by atoms with van der Waals surface area (Å²) in [5.41, 5.74) is 2.38. The van der Waals surface area contributed by atoms with Gasteiger partial charge in [-0.25, -0.2) is 0 Å². The number of hydrogen-bond donors (Lipinski definition) is 1. The van der Waals surface area contributed by atoms with E-state index < -0.39 is 0 Å². The van der Waals surface area contributed by atoms with Crippen LogP contribution >= 0.6 is 23.2 Å². The van der Waals surface area contributed by atoms with Crippen molar-refractivity contribution in [3.05, 3.63) is 100 Å². The molecule has 0 unspecified atom stereocenters. The summed E-state index contributed by atoms with van der Waals surface area (Å²) in [5, 5.41) is 3.77. The molecular weight excluding hydrogens is 381 g/mol. The highest BCUT2D eigenvalue weighted by Gasteiger charge is 2.03. The van der Waals surface area contributed by atoms with Crippen LogP contribution in [-0.4, -0.2) is 5.91 Å². The number of hydrogen-bond acceptors (Lipinski definition) is 2. The number of rotatable bonds is 6. The third-order valence-electron chi connectivity index (χ3n) is 3.77. The predicted octanol–water partition coefficient (Wildman–Crippen LogP) is 6.22. The van der Waals surface area contributed by atoms with Crippen LogP contribution in [0, 0.1) is 0 Å². The molecule has 0 spiro atoms. The van der Waals surface area contributed by atoms with Crippen molar-refractivity contribution in [1.82, 2.24) is 0 Å². The molecule has 3 aromatic rings. The molecule has 0 saturated heterocycles. The number of carbonyl (C=O) groups is 1. The molecule has 3 rings (SSSR count). The minimum absolute atomic E-state index is 0.274. The molecule has 0 radical (unpaired) electrons. The molecule has 3 nitrogen and oxygen atoms in total. The van der Waals surface area contributed by atoms with Crippen LogP contribution in [0.1, 0.15) is 11.1 Å². The van der Waals surface area contributed by atoms with Gasteiger partial charge in [-0.05, 0) is 48.0 Å². The highest BCUT2D eigenvalue weighted by Crippen LogP contribution is 2.25. The standard InChI is InChI=1S/C22H17Cl2NO2/c23-20-7-4-8-21(24)19(20)13-14-22(26)25-17-9-11-18(12-10-17)27-15-16-5-2-1-3-6-16/h1-14H,15H2,(H,25,26)/b14-13+. The van der Waals surface area contributed by atoms with Crippen molar-refractivity contribution < 1.29 is 9.53 Å².